The highest BCUT2D eigenvalue weighted by atomic mass is 14.0. The van der Waals surface area contributed by atoms with Gasteiger partial charge in [0.2, 0.25) is 0 Å². The third-order valence-corrected chi connectivity index (χ3v) is 2.88. The summed E-state index contributed by atoms with van der Waals surface area (Å²) in [6.45, 7) is 12.9. The van der Waals surface area contributed by atoms with Gasteiger partial charge in [-0.15, -0.1) is 0 Å². The Labute approximate surface area is 103 Å². The lowest BCUT2D eigenvalue weighted by Crippen LogP contribution is -1.87. The first-order valence-corrected chi connectivity index (χ1v) is 6.66. The summed E-state index contributed by atoms with van der Waals surface area (Å²) in [6.07, 6.45) is 11.9. The smallest absolute Gasteiger partial charge is 0.0288 e. The minimum Gasteiger partial charge on any atom is -0.0856 e. The fraction of sp³-hybridized carbons (Fsp3) is 0.688. The topological polar surface area (TPSA) is 0 Å². The Hall–Kier alpha value is -0.520. The van der Waals surface area contributed by atoms with Crippen molar-refractivity contribution in [2.45, 2.75) is 66.2 Å². The van der Waals surface area contributed by atoms with Crippen molar-refractivity contribution in [2.24, 2.45) is 5.92 Å². The molecule has 0 bridgehead atoms. The first kappa shape index (κ1) is 15.5. The Balaban J connectivity index is 3.66. The van der Waals surface area contributed by atoms with Crippen LogP contribution in [0.2, 0.25) is 0 Å². The van der Waals surface area contributed by atoms with Crippen LogP contribution >= 0.6 is 0 Å². The molecule has 0 aliphatic carbocycles. The van der Waals surface area contributed by atoms with Crippen LogP contribution in [0.15, 0.2) is 23.3 Å². The second kappa shape index (κ2) is 9.69. The van der Waals surface area contributed by atoms with Gasteiger partial charge < -0.3 is 0 Å². The van der Waals surface area contributed by atoms with Crippen molar-refractivity contribution in [2.75, 3.05) is 0 Å². The summed E-state index contributed by atoms with van der Waals surface area (Å²) in [5.74, 6) is 0.843. The fourth-order valence-electron chi connectivity index (χ4n) is 1.79. The predicted molar refractivity (Wildman–Crippen MR) is 75.4 cm³/mol. The molecule has 0 heterocycles. The molecule has 1 radical (unpaired) electrons. The van der Waals surface area contributed by atoms with Crippen LogP contribution in [-0.2, 0) is 0 Å². The van der Waals surface area contributed by atoms with Gasteiger partial charge in [0, 0.05) is 0 Å². The summed E-state index contributed by atoms with van der Waals surface area (Å²) in [7, 11) is 0. The molecule has 0 rings (SSSR count). The molecule has 0 saturated carbocycles. The lowest BCUT2D eigenvalue weighted by Gasteiger charge is -2.05. The third-order valence-electron chi connectivity index (χ3n) is 2.88. The van der Waals surface area contributed by atoms with Crippen LogP contribution < -0.4 is 0 Å². The Morgan fingerprint density at radius 3 is 2.25 bits per heavy atom. The highest BCUT2D eigenvalue weighted by Crippen LogP contribution is 2.14. The van der Waals surface area contributed by atoms with Crippen LogP contribution in [0.5, 0.6) is 0 Å². The van der Waals surface area contributed by atoms with Gasteiger partial charge in [0.25, 0.3) is 0 Å². The number of allylic oxidation sites excluding steroid dienone is 4. The molecular formula is C16H29. The molecule has 0 fully saturated rings. The maximum atomic E-state index is 3.83. The number of hydrogen-bond acceptors (Lipinski definition) is 0. The van der Waals surface area contributed by atoms with Crippen molar-refractivity contribution in [1.82, 2.24) is 0 Å². The summed E-state index contributed by atoms with van der Waals surface area (Å²) in [5.41, 5.74) is 3.03. The van der Waals surface area contributed by atoms with Gasteiger partial charge in [0.1, 0.15) is 0 Å². The van der Waals surface area contributed by atoms with E-state index in [2.05, 4.69) is 46.8 Å². The van der Waals surface area contributed by atoms with Crippen molar-refractivity contribution in [3.63, 3.8) is 0 Å². The van der Waals surface area contributed by atoms with Gasteiger partial charge in [-0.1, -0.05) is 43.6 Å². The molecular weight excluding hydrogens is 192 g/mol. The first-order valence-electron chi connectivity index (χ1n) is 6.66. The van der Waals surface area contributed by atoms with Crippen molar-refractivity contribution < 1.29 is 0 Å². The van der Waals surface area contributed by atoms with Crippen molar-refractivity contribution in [1.29, 1.82) is 0 Å². The van der Waals surface area contributed by atoms with Crippen LogP contribution in [0.1, 0.15) is 66.2 Å². The lowest BCUT2D eigenvalue weighted by molar-refractivity contribution is 0.554. The van der Waals surface area contributed by atoms with Crippen LogP contribution in [-0.4, -0.2) is 0 Å². The van der Waals surface area contributed by atoms with Gasteiger partial charge in [-0.3, -0.25) is 0 Å². The average molecular weight is 221 g/mol. The molecule has 0 aromatic rings. The molecule has 0 atom stereocenters. The zero-order valence-corrected chi connectivity index (χ0v) is 11.7. The summed E-state index contributed by atoms with van der Waals surface area (Å²) in [6, 6.07) is 0. The van der Waals surface area contributed by atoms with Crippen LogP contribution in [0.3, 0.4) is 0 Å². The minimum atomic E-state index is 0.843. The molecule has 93 valence electrons. The van der Waals surface area contributed by atoms with E-state index in [1.54, 1.807) is 5.57 Å². The summed E-state index contributed by atoms with van der Waals surface area (Å²) >= 11 is 0. The molecule has 0 heteroatoms. The standard InChI is InChI=1S/C16H29/c1-6-9-15(4)12-8-13-16(5)11-7-10-14(2)3/h9,13-14H,1,6-8,10-12H2,2-5H3/b15-9+,16-13+. The van der Waals surface area contributed by atoms with Crippen LogP contribution in [0, 0.1) is 12.8 Å². The number of hydrogen-bond donors (Lipinski definition) is 0. The number of rotatable bonds is 8. The highest BCUT2D eigenvalue weighted by Gasteiger charge is 1.95. The second-order valence-corrected chi connectivity index (χ2v) is 5.21. The van der Waals surface area contributed by atoms with Crippen molar-refractivity contribution >= 4 is 0 Å². The van der Waals surface area contributed by atoms with E-state index in [0.717, 1.165) is 12.3 Å². The Bertz CT molecular complexity index is 218. The Kier molecular flexibility index (Phi) is 9.37. The van der Waals surface area contributed by atoms with Gasteiger partial charge in [0.05, 0.1) is 0 Å². The third kappa shape index (κ3) is 10.0. The van der Waals surface area contributed by atoms with E-state index in [1.165, 1.54) is 37.7 Å². The molecule has 0 aromatic heterocycles. The van der Waals surface area contributed by atoms with Gasteiger partial charge in [-0.2, -0.15) is 0 Å². The van der Waals surface area contributed by atoms with Gasteiger partial charge in [-0.25, -0.2) is 0 Å². The summed E-state index contributed by atoms with van der Waals surface area (Å²) in [5, 5.41) is 0. The van der Waals surface area contributed by atoms with Gasteiger partial charge in [-0.05, 0) is 58.8 Å². The normalized spacial score (nSPS) is 13.6. The molecule has 0 aliphatic rings. The van der Waals surface area contributed by atoms with Gasteiger partial charge >= 0.3 is 0 Å². The van der Waals surface area contributed by atoms with Gasteiger partial charge in [0.15, 0.2) is 0 Å². The van der Waals surface area contributed by atoms with Crippen molar-refractivity contribution in [3.05, 3.63) is 30.2 Å². The second-order valence-electron chi connectivity index (χ2n) is 5.21. The zero-order valence-electron chi connectivity index (χ0n) is 11.7. The van der Waals surface area contributed by atoms with E-state index in [-0.39, 0.29) is 0 Å². The molecule has 0 unspecified atom stereocenters. The fourth-order valence-corrected chi connectivity index (χ4v) is 1.79. The molecule has 0 saturated heterocycles. The summed E-state index contributed by atoms with van der Waals surface area (Å²) in [4.78, 5) is 0. The molecule has 0 N–H and O–H groups in total. The van der Waals surface area contributed by atoms with Crippen LogP contribution in [0.4, 0.5) is 0 Å². The largest absolute Gasteiger partial charge is 0.0856 e. The molecule has 0 nitrogen and oxygen atoms in total. The van der Waals surface area contributed by atoms with E-state index in [4.69, 9.17) is 0 Å². The predicted octanol–water partition coefficient (Wildman–Crippen LogP) is 5.71. The first-order chi connectivity index (χ1) is 7.56. The van der Waals surface area contributed by atoms with E-state index in [1.807, 2.05) is 0 Å². The Morgan fingerprint density at radius 2 is 1.69 bits per heavy atom. The quantitative estimate of drug-likeness (QED) is 0.460. The lowest BCUT2D eigenvalue weighted by atomic mass is 10.0. The van der Waals surface area contributed by atoms with E-state index >= 15 is 0 Å². The zero-order chi connectivity index (χ0) is 12.4. The maximum Gasteiger partial charge on any atom is -0.0288 e. The minimum absolute atomic E-state index is 0.843. The molecule has 0 aromatic carbocycles. The van der Waals surface area contributed by atoms with Crippen molar-refractivity contribution in [3.8, 4) is 0 Å². The molecule has 0 amide bonds. The maximum absolute atomic E-state index is 3.83. The monoisotopic (exact) mass is 221 g/mol. The molecule has 0 aliphatic heterocycles. The Morgan fingerprint density at radius 1 is 1.06 bits per heavy atom. The molecule has 0 spiro atoms. The van der Waals surface area contributed by atoms with E-state index in [0.29, 0.717) is 0 Å². The van der Waals surface area contributed by atoms with Crippen LogP contribution in [0.25, 0.3) is 0 Å². The van der Waals surface area contributed by atoms with E-state index in [9.17, 15) is 0 Å². The average Bonchev–Trinajstić information content (AvgIpc) is 2.17. The molecule has 16 heavy (non-hydrogen) atoms. The highest BCUT2D eigenvalue weighted by molar-refractivity contribution is 5.03. The SMILES string of the molecule is [CH2]C/C=C(\C)CC/C=C(\C)CCCC(C)C. The van der Waals surface area contributed by atoms with E-state index < -0.39 is 0 Å². The summed E-state index contributed by atoms with van der Waals surface area (Å²) < 4.78 is 0.